The van der Waals surface area contributed by atoms with Crippen LogP contribution in [0.5, 0.6) is 0 Å². The Balaban J connectivity index is 1.90. The molecule has 1 aliphatic heterocycles. The first kappa shape index (κ1) is 16.7. The Hall–Kier alpha value is -2.78. The second kappa shape index (κ2) is 6.50. The van der Waals surface area contributed by atoms with E-state index in [9.17, 15) is 14.4 Å². The van der Waals surface area contributed by atoms with Crippen molar-refractivity contribution >= 4 is 5.97 Å². The van der Waals surface area contributed by atoms with Gasteiger partial charge >= 0.3 is 5.97 Å². The molecule has 0 spiro atoms. The zero-order valence-electron chi connectivity index (χ0n) is 14.4. The van der Waals surface area contributed by atoms with Gasteiger partial charge in [-0.2, -0.15) is 5.26 Å². The quantitative estimate of drug-likeness (QED) is 0.860. The number of pyridine rings is 1. The maximum atomic E-state index is 14.8. The SMILES string of the molecule is COC(=O)c1ccc(-c2nc(C3CC3)c3c(c2C#N)CCNC3)c(F)c1. The molecule has 1 aromatic carbocycles. The van der Waals surface area contributed by atoms with Gasteiger partial charge in [-0.15, -0.1) is 0 Å². The number of hydrogen-bond donors (Lipinski definition) is 1. The van der Waals surface area contributed by atoms with Gasteiger partial charge in [0.05, 0.1) is 23.9 Å². The summed E-state index contributed by atoms with van der Waals surface area (Å²) >= 11 is 0. The van der Waals surface area contributed by atoms with Crippen LogP contribution >= 0.6 is 0 Å². The minimum Gasteiger partial charge on any atom is -0.465 e. The van der Waals surface area contributed by atoms with Crippen LogP contribution in [0.15, 0.2) is 18.2 Å². The molecule has 1 N–H and O–H groups in total. The third kappa shape index (κ3) is 2.74. The molecule has 1 aromatic heterocycles. The average Bonchev–Trinajstić information content (AvgIpc) is 3.51. The third-order valence-electron chi connectivity index (χ3n) is 5.02. The molecule has 0 saturated heterocycles. The number of halogens is 1. The van der Waals surface area contributed by atoms with Crippen LogP contribution in [0.2, 0.25) is 0 Å². The molecular weight excluding hydrogens is 333 g/mol. The molecule has 0 bridgehead atoms. The smallest absolute Gasteiger partial charge is 0.337 e. The van der Waals surface area contributed by atoms with Gasteiger partial charge in [-0.05, 0) is 55.1 Å². The van der Waals surface area contributed by atoms with Gasteiger partial charge in [-0.25, -0.2) is 9.18 Å². The van der Waals surface area contributed by atoms with Crippen LogP contribution in [0.25, 0.3) is 11.3 Å². The predicted molar refractivity (Wildman–Crippen MR) is 93.1 cm³/mol. The fraction of sp³-hybridized carbons (Fsp3) is 0.350. The molecule has 0 atom stereocenters. The number of aromatic nitrogens is 1. The lowest BCUT2D eigenvalue weighted by Gasteiger charge is -2.23. The summed E-state index contributed by atoms with van der Waals surface area (Å²) in [7, 11) is 1.25. The van der Waals surface area contributed by atoms with Gasteiger partial charge in [0.2, 0.25) is 0 Å². The van der Waals surface area contributed by atoms with Crippen LogP contribution in [0.4, 0.5) is 4.39 Å². The summed E-state index contributed by atoms with van der Waals surface area (Å²) in [5.74, 6) is -0.779. The second-order valence-corrected chi connectivity index (χ2v) is 6.68. The fourth-order valence-corrected chi connectivity index (χ4v) is 3.55. The summed E-state index contributed by atoms with van der Waals surface area (Å²) in [6.45, 7) is 1.49. The zero-order valence-corrected chi connectivity index (χ0v) is 14.4. The highest BCUT2D eigenvalue weighted by Gasteiger charge is 2.32. The molecule has 4 rings (SSSR count). The van der Waals surface area contributed by atoms with E-state index in [1.807, 2.05) is 0 Å². The van der Waals surface area contributed by atoms with Crippen LogP contribution in [0.1, 0.15) is 51.5 Å². The number of benzene rings is 1. The summed E-state index contributed by atoms with van der Waals surface area (Å²) in [5, 5.41) is 13.1. The lowest BCUT2D eigenvalue weighted by atomic mass is 9.90. The monoisotopic (exact) mass is 351 g/mol. The van der Waals surface area contributed by atoms with E-state index in [-0.39, 0.29) is 11.1 Å². The summed E-state index contributed by atoms with van der Waals surface area (Å²) in [4.78, 5) is 16.3. The first-order chi connectivity index (χ1) is 12.6. The van der Waals surface area contributed by atoms with Crippen molar-refractivity contribution in [2.45, 2.75) is 31.7 Å². The molecule has 0 unspecified atom stereocenters. The van der Waals surface area contributed by atoms with Crippen molar-refractivity contribution in [1.29, 1.82) is 5.26 Å². The molecule has 5 nitrogen and oxygen atoms in total. The summed E-state index contributed by atoms with van der Waals surface area (Å²) < 4.78 is 19.4. The first-order valence-electron chi connectivity index (χ1n) is 8.68. The van der Waals surface area contributed by atoms with E-state index in [4.69, 9.17) is 4.98 Å². The predicted octanol–water partition coefficient (Wildman–Crippen LogP) is 3.07. The van der Waals surface area contributed by atoms with E-state index in [1.54, 1.807) is 0 Å². The maximum absolute atomic E-state index is 14.8. The van der Waals surface area contributed by atoms with E-state index in [0.717, 1.165) is 48.7 Å². The molecule has 132 valence electrons. The first-order valence-corrected chi connectivity index (χ1v) is 8.68. The molecule has 1 aliphatic carbocycles. The number of nitrogens with zero attached hydrogens (tertiary/aromatic N) is 2. The molecule has 2 aliphatic rings. The molecule has 1 saturated carbocycles. The molecule has 26 heavy (non-hydrogen) atoms. The number of fused-ring (bicyclic) bond motifs is 1. The molecule has 6 heteroatoms. The Morgan fingerprint density at radius 3 is 2.85 bits per heavy atom. The van der Waals surface area contributed by atoms with Crippen LogP contribution < -0.4 is 5.32 Å². The largest absolute Gasteiger partial charge is 0.465 e. The van der Waals surface area contributed by atoms with Crippen molar-refractivity contribution in [3.05, 3.63) is 52.0 Å². The average molecular weight is 351 g/mol. The van der Waals surface area contributed by atoms with Crippen molar-refractivity contribution in [3.63, 3.8) is 0 Å². The van der Waals surface area contributed by atoms with Crippen molar-refractivity contribution in [2.24, 2.45) is 0 Å². The third-order valence-corrected chi connectivity index (χ3v) is 5.02. The van der Waals surface area contributed by atoms with Crippen molar-refractivity contribution in [2.75, 3.05) is 13.7 Å². The highest BCUT2D eigenvalue weighted by molar-refractivity contribution is 5.90. The van der Waals surface area contributed by atoms with Crippen molar-refractivity contribution in [3.8, 4) is 17.3 Å². The summed E-state index contributed by atoms with van der Waals surface area (Å²) in [5.41, 5.74) is 4.27. The Morgan fingerprint density at radius 1 is 1.38 bits per heavy atom. The van der Waals surface area contributed by atoms with Gasteiger partial charge in [0.1, 0.15) is 11.9 Å². The number of nitriles is 1. The van der Waals surface area contributed by atoms with E-state index in [0.29, 0.717) is 23.7 Å². The lowest BCUT2D eigenvalue weighted by molar-refractivity contribution is 0.0600. The minimum atomic E-state index is -0.598. The molecular formula is C20H18FN3O2. The van der Waals surface area contributed by atoms with Gasteiger partial charge in [0.25, 0.3) is 0 Å². The van der Waals surface area contributed by atoms with Crippen LogP contribution in [-0.2, 0) is 17.7 Å². The number of nitrogens with one attached hydrogen (secondary N) is 1. The van der Waals surface area contributed by atoms with Gasteiger partial charge in [0, 0.05) is 23.7 Å². The van der Waals surface area contributed by atoms with Gasteiger partial charge in [-0.1, -0.05) is 0 Å². The van der Waals surface area contributed by atoms with E-state index >= 15 is 0 Å². The Kier molecular flexibility index (Phi) is 4.17. The molecule has 0 amide bonds. The van der Waals surface area contributed by atoms with Crippen LogP contribution in [0, 0.1) is 17.1 Å². The highest BCUT2D eigenvalue weighted by atomic mass is 19.1. The molecule has 1 fully saturated rings. The Labute approximate surface area is 150 Å². The number of methoxy groups -OCH3 is 1. The van der Waals surface area contributed by atoms with Crippen molar-refractivity contribution < 1.29 is 13.9 Å². The molecule has 2 heterocycles. The maximum Gasteiger partial charge on any atom is 0.337 e. The summed E-state index contributed by atoms with van der Waals surface area (Å²) in [6, 6.07) is 6.39. The summed E-state index contributed by atoms with van der Waals surface area (Å²) in [6.07, 6.45) is 2.89. The zero-order chi connectivity index (χ0) is 18.3. The Morgan fingerprint density at radius 2 is 2.19 bits per heavy atom. The van der Waals surface area contributed by atoms with Crippen LogP contribution in [-0.4, -0.2) is 24.6 Å². The number of carbonyl (C=O) groups excluding carboxylic acids is 1. The van der Waals surface area contributed by atoms with Gasteiger partial charge < -0.3 is 10.1 Å². The molecule has 2 aromatic rings. The Bertz CT molecular complexity index is 945. The number of hydrogen-bond acceptors (Lipinski definition) is 5. The van der Waals surface area contributed by atoms with Crippen molar-refractivity contribution in [1.82, 2.24) is 10.3 Å². The fourth-order valence-electron chi connectivity index (χ4n) is 3.55. The number of carbonyl (C=O) groups is 1. The van der Waals surface area contributed by atoms with E-state index in [2.05, 4.69) is 16.1 Å². The normalized spacial score (nSPS) is 15.9. The number of ether oxygens (including phenoxy) is 1. The van der Waals surface area contributed by atoms with Crippen LogP contribution in [0.3, 0.4) is 0 Å². The van der Waals surface area contributed by atoms with Gasteiger partial charge in [-0.3, -0.25) is 4.98 Å². The standard InChI is InChI=1S/C20H18FN3O2/c1-26-20(25)12-4-5-14(17(21)8-12)19-15(9-22)13-6-7-23-10-16(13)18(24-19)11-2-3-11/h4-5,8,11,23H,2-3,6-7,10H2,1H3. The molecule has 0 radical (unpaired) electrons. The number of rotatable bonds is 3. The minimum absolute atomic E-state index is 0.136. The topological polar surface area (TPSA) is 75.0 Å². The highest BCUT2D eigenvalue weighted by Crippen LogP contribution is 2.44. The number of esters is 1. The lowest BCUT2D eigenvalue weighted by Crippen LogP contribution is -2.26. The second-order valence-electron chi connectivity index (χ2n) is 6.68. The van der Waals surface area contributed by atoms with E-state index in [1.165, 1.54) is 19.2 Å². The van der Waals surface area contributed by atoms with E-state index < -0.39 is 11.8 Å². The van der Waals surface area contributed by atoms with Gasteiger partial charge in [0.15, 0.2) is 0 Å².